The van der Waals surface area contributed by atoms with Gasteiger partial charge in [-0.05, 0) is 25.0 Å². The topological polar surface area (TPSA) is 97.3 Å². The molecular weight excluding hydrogens is 318 g/mol. The fraction of sp³-hybridized carbons (Fsp3) is 0.438. The van der Waals surface area contributed by atoms with Gasteiger partial charge in [0.05, 0.1) is 13.1 Å². The van der Waals surface area contributed by atoms with Gasteiger partial charge in [0.25, 0.3) is 0 Å². The second-order valence-corrected chi connectivity index (χ2v) is 5.97. The Morgan fingerprint density at radius 3 is 2.80 bits per heavy atom. The van der Waals surface area contributed by atoms with Gasteiger partial charge < -0.3 is 15.2 Å². The summed E-state index contributed by atoms with van der Waals surface area (Å²) in [6.07, 6.45) is 5.34. The largest absolute Gasteiger partial charge is 0.349 e. The Labute approximate surface area is 145 Å². The molecule has 0 saturated carbocycles. The van der Waals surface area contributed by atoms with E-state index in [2.05, 4.69) is 40.6 Å². The van der Waals surface area contributed by atoms with Crippen LogP contribution in [0.3, 0.4) is 0 Å². The van der Waals surface area contributed by atoms with Crippen LogP contribution >= 0.6 is 0 Å². The molecule has 0 radical (unpaired) electrons. The van der Waals surface area contributed by atoms with E-state index in [4.69, 9.17) is 0 Å². The molecule has 2 N–H and O–H groups in total. The lowest BCUT2D eigenvalue weighted by atomic mass is 10.2. The highest BCUT2D eigenvalue weighted by molar-refractivity contribution is 5.79. The Hall–Kier alpha value is -2.97. The molecule has 3 aromatic rings. The Balaban J connectivity index is 1.37. The minimum atomic E-state index is 0.531. The molecular formula is C16H21N9. The number of hydrogen-bond donors (Lipinski definition) is 2. The number of nitrogens with one attached hydrogen (secondary N) is 2. The molecule has 0 fully saturated rings. The molecule has 0 bridgehead atoms. The Bertz CT molecular complexity index is 892. The van der Waals surface area contributed by atoms with Crippen molar-refractivity contribution in [2.75, 3.05) is 7.05 Å². The molecule has 0 atom stereocenters. The van der Waals surface area contributed by atoms with E-state index in [0.717, 1.165) is 36.1 Å². The fourth-order valence-corrected chi connectivity index (χ4v) is 3.06. The molecule has 9 heteroatoms. The van der Waals surface area contributed by atoms with Crippen LogP contribution in [0.2, 0.25) is 0 Å². The summed E-state index contributed by atoms with van der Waals surface area (Å²) in [6, 6.07) is 5.83. The molecule has 4 heterocycles. The van der Waals surface area contributed by atoms with Crippen molar-refractivity contribution in [1.82, 2.24) is 40.0 Å². The summed E-state index contributed by atoms with van der Waals surface area (Å²) < 4.78 is 4.16. The van der Waals surface area contributed by atoms with Gasteiger partial charge in [0.15, 0.2) is 23.3 Å². The predicted octanol–water partition coefficient (Wildman–Crippen LogP) is 0.522. The number of aliphatic imine (C=N–C) groups is 1. The van der Waals surface area contributed by atoms with Crippen LogP contribution in [0.25, 0.3) is 5.65 Å². The summed E-state index contributed by atoms with van der Waals surface area (Å²) in [5.74, 6) is 3.56. The van der Waals surface area contributed by atoms with Crippen molar-refractivity contribution >= 4 is 11.6 Å². The molecule has 0 aromatic carbocycles. The first-order valence-corrected chi connectivity index (χ1v) is 8.49. The maximum Gasteiger partial charge on any atom is 0.191 e. The Kier molecular flexibility index (Phi) is 4.28. The zero-order valence-electron chi connectivity index (χ0n) is 14.2. The van der Waals surface area contributed by atoms with E-state index < -0.39 is 0 Å². The fourth-order valence-electron chi connectivity index (χ4n) is 3.06. The third kappa shape index (κ3) is 3.17. The van der Waals surface area contributed by atoms with Crippen LogP contribution in [0, 0.1) is 0 Å². The summed E-state index contributed by atoms with van der Waals surface area (Å²) in [6.45, 7) is 2.12. The molecule has 9 nitrogen and oxygen atoms in total. The van der Waals surface area contributed by atoms with Gasteiger partial charge in [0.1, 0.15) is 5.82 Å². The highest BCUT2D eigenvalue weighted by Crippen LogP contribution is 2.13. The van der Waals surface area contributed by atoms with E-state index >= 15 is 0 Å². The zero-order chi connectivity index (χ0) is 17.1. The number of fused-ring (bicyclic) bond motifs is 2. The van der Waals surface area contributed by atoms with E-state index in [0.29, 0.717) is 19.0 Å². The van der Waals surface area contributed by atoms with Crippen molar-refractivity contribution in [3.05, 3.63) is 41.9 Å². The van der Waals surface area contributed by atoms with E-state index in [1.807, 2.05) is 28.8 Å². The number of hydrogen-bond acceptors (Lipinski definition) is 5. The number of rotatable bonds is 4. The lowest BCUT2D eigenvalue weighted by Gasteiger charge is -2.16. The Morgan fingerprint density at radius 1 is 1.08 bits per heavy atom. The van der Waals surface area contributed by atoms with E-state index in [-0.39, 0.29) is 0 Å². The summed E-state index contributed by atoms with van der Waals surface area (Å²) in [5.41, 5.74) is 0.831. The van der Waals surface area contributed by atoms with Gasteiger partial charge in [-0.15, -0.1) is 20.4 Å². The van der Waals surface area contributed by atoms with Crippen LogP contribution in [0.15, 0.2) is 29.4 Å². The predicted molar refractivity (Wildman–Crippen MR) is 93.0 cm³/mol. The van der Waals surface area contributed by atoms with Crippen molar-refractivity contribution in [1.29, 1.82) is 0 Å². The molecule has 130 valence electrons. The van der Waals surface area contributed by atoms with Crippen molar-refractivity contribution in [2.24, 2.45) is 4.99 Å². The molecule has 1 aliphatic heterocycles. The number of aromatic nitrogens is 6. The maximum atomic E-state index is 4.30. The maximum absolute atomic E-state index is 4.30. The minimum Gasteiger partial charge on any atom is -0.349 e. The highest BCUT2D eigenvalue weighted by atomic mass is 15.3. The summed E-state index contributed by atoms with van der Waals surface area (Å²) in [5, 5.41) is 23.5. The molecule has 4 rings (SSSR count). The number of guanidine groups is 1. The van der Waals surface area contributed by atoms with Gasteiger partial charge in [-0.1, -0.05) is 6.07 Å². The van der Waals surface area contributed by atoms with Crippen molar-refractivity contribution < 1.29 is 0 Å². The van der Waals surface area contributed by atoms with Crippen molar-refractivity contribution in [3.8, 4) is 0 Å². The summed E-state index contributed by atoms with van der Waals surface area (Å²) in [7, 11) is 1.75. The first-order chi connectivity index (χ1) is 12.3. The monoisotopic (exact) mass is 339 g/mol. The van der Waals surface area contributed by atoms with Gasteiger partial charge in [-0.3, -0.25) is 9.39 Å². The highest BCUT2D eigenvalue weighted by Gasteiger charge is 2.15. The van der Waals surface area contributed by atoms with Crippen LogP contribution in [0.5, 0.6) is 0 Å². The van der Waals surface area contributed by atoms with E-state index in [9.17, 15) is 0 Å². The minimum absolute atomic E-state index is 0.531. The first kappa shape index (κ1) is 15.6. The normalized spacial score (nSPS) is 14.5. The molecule has 0 aliphatic carbocycles. The summed E-state index contributed by atoms with van der Waals surface area (Å²) in [4.78, 5) is 4.26. The third-order valence-corrected chi connectivity index (χ3v) is 4.37. The van der Waals surface area contributed by atoms with Crippen LogP contribution in [0.4, 0.5) is 0 Å². The SMILES string of the molecule is CN=C(NCc1nnc2n1CCCC2)NCc1nnc2ccccn12. The lowest BCUT2D eigenvalue weighted by molar-refractivity contribution is 0.504. The number of aryl methyl sites for hydroxylation is 1. The van der Waals surface area contributed by atoms with Gasteiger partial charge in [-0.2, -0.15) is 0 Å². The quantitative estimate of drug-likeness (QED) is 0.531. The van der Waals surface area contributed by atoms with Crippen LogP contribution < -0.4 is 10.6 Å². The van der Waals surface area contributed by atoms with Crippen molar-refractivity contribution in [3.63, 3.8) is 0 Å². The summed E-state index contributed by atoms with van der Waals surface area (Å²) >= 11 is 0. The first-order valence-electron chi connectivity index (χ1n) is 8.49. The third-order valence-electron chi connectivity index (χ3n) is 4.37. The van der Waals surface area contributed by atoms with Gasteiger partial charge in [-0.25, -0.2) is 0 Å². The van der Waals surface area contributed by atoms with Crippen LogP contribution in [-0.4, -0.2) is 42.4 Å². The molecule has 25 heavy (non-hydrogen) atoms. The molecule has 3 aromatic heterocycles. The smallest absolute Gasteiger partial charge is 0.191 e. The Morgan fingerprint density at radius 2 is 1.92 bits per heavy atom. The molecule has 0 unspecified atom stereocenters. The zero-order valence-corrected chi connectivity index (χ0v) is 14.2. The van der Waals surface area contributed by atoms with Crippen LogP contribution in [0.1, 0.15) is 30.3 Å². The van der Waals surface area contributed by atoms with Gasteiger partial charge in [0, 0.05) is 26.2 Å². The van der Waals surface area contributed by atoms with E-state index in [1.54, 1.807) is 7.05 Å². The van der Waals surface area contributed by atoms with Gasteiger partial charge >= 0.3 is 0 Å². The second-order valence-electron chi connectivity index (χ2n) is 5.97. The van der Waals surface area contributed by atoms with Gasteiger partial charge in [0.2, 0.25) is 0 Å². The van der Waals surface area contributed by atoms with Crippen LogP contribution in [-0.2, 0) is 26.1 Å². The van der Waals surface area contributed by atoms with E-state index in [1.165, 1.54) is 12.8 Å². The average molecular weight is 339 g/mol. The molecule has 0 spiro atoms. The second kappa shape index (κ2) is 6.88. The molecule has 0 saturated heterocycles. The number of pyridine rings is 1. The molecule has 1 aliphatic rings. The standard InChI is InChI=1S/C16H21N9/c1-17-16(18-10-14-22-20-12-6-2-4-8-24(12)14)19-11-15-23-21-13-7-3-5-9-25(13)15/h2,4,6,8H,3,5,7,9-11H2,1H3,(H2,17,18,19). The van der Waals surface area contributed by atoms with Crippen molar-refractivity contribution in [2.45, 2.75) is 38.9 Å². The molecule has 0 amide bonds. The lowest BCUT2D eigenvalue weighted by Crippen LogP contribution is -2.37. The average Bonchev–Trinajstić information content (AvgIpc) is 3.26. The number of nitrogens with zero attached hydrogens (tertiary/aromatic N) is 7.